The van der Waals surface area contributed by atoms with Gasteiger partial charge in [-0.2, -0.15) is 0 Å². The second-order valence-corrected chi connectivity index (χ2v) is 4.89. The van der Waals surface area contributed by atoms with Crippen molar-refractivity contribution in [1.82, 2.24) is 9.13 Å². The highest BCUT2D eigenvalue weighted by Crippen LogP contribution is 2.33. The van der Waals surface area contributed by atoms with Crippen LogP contribution in [0.25, 0.3) is 5.69 Å². The number of nitrogens with zero attached hydrogens (tertiary/aromatic N) is 2. The van der Waals surface area contributed by atoms with Crippen molar-refractivity contribution in [2.24, 2.45) is 0 Å². The first kappa shape index (κ1) is 9.90. The maximum absolute atomic E-state index is 12.1. The largest absolute Gasteiger partial charge is 0.333 e. The van der Waals surface area contributed by atoms with Crippen LogP contribution in [0.3, 0.4) is 0 Å². The summed E-state index contributed by atoms with van der Waals surface area (Å²) in [6.07, 6.45) is 5.96. The van der Waals surface area contributed by atoms with Gasteiger partial charge in [0.2, 0.25) is 0 Å². The molecule has 0 radical (unpaired) electrons. The zero-order valence-electron chi connectivity index (χ0n) is 8.64. The van der Waals surface area contributed by atoms with Gasteiger partial charge in [-0.3, -0.25) is 9.13 Å². The Morgan fingerprint density at radius 1 is 1.19 bits per heavy atom. The molecule has 3 rings (SSSR count). The Morgan fingerprint density at radius 2 is 1.94 bits per heavy atom. The summed E-state index contributed by atoms with van der Waals surface area (Å²) < 4.78 is 4.44. The molecule has 16 heavy (non-hydrogen) atoms. The quantitative estimate of drug-likeness (QED) is 0.830. The first-order chi connectivity index (χ1) is 7.77. The molecule has 1 saturated carbocycles. The molecule has 2 aromatic rings. The number of halogens is 1. The molecule has 1 heterocycles. The lowest BCUT2D eigenvalue weighted by Crippen LogP contribution is -2.22. The summed E-state index contributed by atoms with van der Waals surface area (Å²) in [5.41, 5.74) is 0.946. The van der Waals surface area contributed by atoms with E-state index in [9.17, 15) is 4.79 Å². The van der Waals surface area contributed by atoms with Gasteiger partial charge >= 0.3 is 5.69 Å². The zero-order valence-corrected chi connectivity index (χ0v) is 10.2. The number of aromatic nitrogens is 2. The van der Waals surface area contributed by atoms with Crippen LogP contribution < -0.4 is 5.69 Å². The summed E-state index contributed by atoms with van der Waals surface area (Å²) in [6.45, 7) is 0. The smallest absolute Gasteiger partial charge is 0.296 e. The number of hydrogen-bond acceptors (Lipinski definition) is 1. The first-order valence-electron chi connectivity index (χ1n) is 5.32. The highest BCUT2D eigenvalue weighted by molar-refractivity contribution is 9.10. The summed E-state index contributed by atoms with van der Waals surface area (Å²) in [6, 6.07) is 8.17. The number of imidazole rings is 1. The van der Waals surface area contributed by atoms with Gasteiger partial charge in [-0.1, -0.05) is 12.1 Å². The van der Waals surface area contributed by atoms with Gasteiger partial charge in [0.1, 0.15) is 0 Å². The van der Waals surface area contributed by atoms with Crippen LogP contribution in [0.1, 0.15) is 18.9 Å². The van der Waals surface area contributed by atoms with Crippen LogP contribution in [-0.4, -0.2) is 9.13 Å². The van der Waals surface area contributed by atoms with Crippen LogP contribution in [0.2, 0.25) is 0 Å². The highest BCUT2D eigenvalue weighted by atomic mass is 79.9. The summed E-state index contributed by atoms with van der Waals surface area (Å²) in [5.74, 6) is 0. The second kappa shape index (κ2) is 3.63. The molecule has 0 amide bonds. The van der Waals surface area contributed by atoms with Gasteiger partial charge in [0, 0.05) is 22.9 Å². The van der Waals surface area contributed by atoms with E-state index < -0.39 is 0 Å². The fourth-order valence-corrected chi connectivity index (χ4v) is 2.33. The number of benzene rings is 1. The second-order valence-electron chi connectivity index (χ2n) is 4.04. The Balaban J connectivity index is 2.13. The topological polar surface area (TPSA) is 26.9 Å². The van der Waals surface area contributed by atoms with Crippen molar-refractivity contribution in [1.29, 1.82) is 0 Å². The number of rotatable bonds is 2. The van der Waals surface area contributed by atoms with Crippen molar-refractivity contribution < 1.29 is 0 Å². The third-order valence-corrected chi connectivity index (χ3v) is 3.53. The minimum Gasteiger partial charge on any atom is -0.296 e. The lowest BCUT2D eigenvalue weighted by Gasteiger charge is -2.03. The van der Waals surface area contributed by atoms with E-state index in [4.69, 9.17) is 0 Å². The van der Waals surface area contributed by atoms with Gasteiger partial charge in [-0.15, -0.1) is 0 Å². The van der Waals surface area contributed by atoms with E-state index in [2.05, 4.69) is 15.9 Å². The Labute approximate surface area is 101 Å². The molecule has 1 aliphatic carbocycles. The van der Waals surface area contributed by atoms with E-state index in [1.165, 1.54) is 0 Å². The van der Waals surface area contributed by atoms with Gasteiger partial charge in [-0.05, 0) is 40.9 Å². The van der Waals surface area contributed by atoms with Crippen LogP contribution >= 0.6 is 15.9 Å². The molecule has 1 aromatic heterocycles. The van der Waals surface area contributed by atoms with Crippen molar-refractivity contribution in [2.45, 2.75) is 18.9 Å². The van der Waals surface area contributed by atoms with E-state index in [0.29, 0.717) is 6.04 Å². The molecular weight excluding hydrogens is 268 g/mol. The molecule has 4 heteroatoms. The van der Waals surface area contributed by atoms with Crippen molar-refractivity contribution in [3.63, 3.8) is 0 Å². The third kappa shape index (κ3) is 1.53. The van der Waals surface area contributed by atoms with Gasteiger partial charge in [0.05, 0.1) is 5.69 Å². The average Bonchev–Trinajstić information content (AvgIpc) is 3.05. The van der Waals surface area contributed by atoms with Crippen molar-refractivity contribution >= 4 is 15.9 Å². The van der Waals surface area contributed by atoms with Gasteiger partial charge in [0.25, 0.3) is 0 Å². The lowest BCUT2D eigenvalue weighted by molar-refractivity contribution is 0.695. The Bertz CT molecular complexity index is 581. The normalized spacial score (nSPS) is 15.3. The third-order valence-electron chi connectivity index (χ3n) is 2.86. The van der Waals surface area contributed by atoms with Crippen LogP contribution in [0.4, 0.5) is 0 Å². The molecule has 1 aromatic carbocycles. The van der Waals surface area contributed by atoms with Gasteiger partial charge < -0.3 is 0 Å². The van der Waals surface area contributed by atoms with Gasteiger partial charge in [-0.25, -0.2) is 4.79 Å². The molecule has 1 fully saturated rings. The van der Waals surface area contributed by atoms with E-state index in [0.717, 1.165) is 23.0 Å². The SMILES string of the molecule is O=c1n(-c2ccccc2Br)ccn1C1CC1. The summed E-state index contributed by atoms with van der Waals surface area (Å²) in [4.78, 5) is 12.1. The van der Waals surface area contributed by atoms with Crippen LogP contribution in [-0.2, 0) is 0 Å². The van der Waals surface area contributed by atoms with E-state index in [1.54, 1.807) is 4.57 Å². The molecule has 3 nitrogen and oxygen atoms in total. The summed E-state index contributed by atoms with van der Waals surface area (Å²) >= 11 is 3.46. The molecule has 0 unspecified atom stereocenters. The van der Waals surface area contributed by atoms with Crippen molar-refractivity contribution in [2.75, 3.05) is 0 Å². The monoisotopic (exact) mass is 278 g/mol. The minimum atomic E-state index is 0.0504. The van der Waals surface area contributed by atoms with Crippen LogP contribution in [0.15, 0.2) is 45.9 Å². The molecular formula is C12H11BrN2O. The summed E-state index contributed by atoms with van der Waals surface area (Å²) in [7, 11) is 0. The fourth-order valence-electron chi connectivity index (χ4n) is 1.85. The molecule has 0 atom stereocenters. The van der Waals surface area contributed by atoms with Crippen molar-refractivity contribution in [3.8, 4) is 5.69 Å². The maximum Gasteiger partial charge on any atom is 0.333 e. The number of para-hydroxylation sites is 1. The highest BCUT2D eigenvalue weighted by Gasteiger charge is 2.25. The predicted molar refractivity (Wildman–Crippen MR) is 66.0 cm³/mol. The van der Waals surface area contributed by atoms with E-state index in [-0.39, 0.29) is 5.69 Å². The molecule has 82 valence electrons. The Kier molecular flexibility index (Phi) is 2.24. The lowest BCUT2D eigenvalue weighted by atomic mass is 10.3. The fraction of sp³-hybridized carbons (Fsp3) is 0.250. The standard InChI is InChI=1S/C12H11BrN2O/c13-10-3-1-2-4-11(10)15-8-7-14(12(15)16)9-5-6-9/h1-4,7-9H,5-6H2. The number of hydrogen-bond donors (Lipinski definition) is 0. The van der Waals surface area contributed by atoms with E-state index >= 15 is 0 Å². The zero-order chi connectivity index (χ0) is 11.1. The van der Waals surface area contributed by atoms with Crippen LogP contribution in [0.5, 0.6) is 0 Å². The molecule has 0 bridgehead atoms. The Hall–Kier alpha value is -1.29. The molecule has 0 spiro atoms. The first-order valence-corrected chi connectivity index (χ1v) is 6.11. The average molecular weight is 279 g/mol. The Morgan fingerprint density at radius 3 is 2.62 bits per heavy atom. The molecule has 1 aliphatic rings. The molecule has 0 aliphatic heterocycles. The summed E-state index contributed by atoms with van der Waals surface area (Å²) in [5, 5.41) is 0. The maximum atomic E-state index is 12.1. The van der Waals surface area contributed by atoms with Gasteiger partial charge in [0.15, 0.2) is 0 Å². The molecule has 0 saturated heterocycles. The molecule has 0 N–H and O–H groups in total. The van der Waals surface area contributed by atoms with E-state index in [1.807, 2.05) is 41.2 Å². The van der Waals surface area contributed by atoms with Crippen LogP contribution in [0, 0.1) is 0 Å². The van der Waals surface area contributed by atoms with Crippen molar-refractivity contribution in [3.05, 3.63) is 51.6 Å². The minimum absolute atomic E-state index is 0.0504. The predicted octanol–water partition coefficient (Wildman–Crippen LogP) is 2.74.